The quantitative estimate of drug-likeness (QED) is 0.0925. The van der Waals surface area contributed by atoms with Gasteiger partial charge in [-0.25, -0.2) is 0 Å². The molecule has 0 aliphatic heterocycles. The fourth-order valence-corrected chi connectivity index (χ4v) is 5.69. The number of aryl methyl sites for hydroxylation is 2. The van der Waals surface area contributed by atoms with Crippen molar-refractivity contribution in [1.29, 1.82) is 0 Å². The minimum absolute atomic E-state index is 0. The van der Waals surface area contributed by atoms with Crippen LogP contribution >= 0.6 is 0 Å². The van der Waals surface area contributed by atoms with E-state index in [4.69, 9.17) is 11.0 Å². The second-order valence-corrected chi connectivity index (χ2v) is 15.8. The summed E-state index contributed by atoms with van der Waals surface area (Å²) in [7, 11) is 0. The number of carbonyl (C=O) groups excluding carboxylic acids is 1. The zero-order valence-corrected chi connectivity index (χ0v) is 35.7. The molecule has 3 aromatic carbocycles. The molecule has 0 amide bonds. The maximum Gasteiger partial charge on any atom is 0.394 e. The molecule has 0 saturated carbocycles. The Hall–Kier alpha value is -3.35. The molecule has 1 N–H and O–H groups in total. The Morgan fingerprint density at radius 3 is 1.98 bits per heavy atom. The molecule has 1 radical (unpaired) electrons. The van der Waals surface area contributed by atoms with Crippen molar-refractivity contribution in [1.82, 2.24) is 10.2 Å². The maximum atomic E-state index is 13.9. The van der Waals surface area contributed by atoms with Crippen molar-refractivity contribution in [2.75, 3.05) is 0 Å². The van der Waals surface area contributed by atoms with Crippen molar-refractivity contribution in [2.45, 2.75) is 134 Å². The topological polar surface area (TPSA) is 63.1 Å². The van der Waals surface area contributed by atoms with Gasteiger partial charge in [0.1, 0.15) is 5.76 Å². The number of nitrogens with zero attached hydrogens (tertiary/aromatic N) is 2. The molecular formula is C46H60F3IrN2O2-. The van der Waals surface area contributed by atoms with Gasteiger partial charge in [0.2, 0.25) is 0 Å². The van der Waals surface area contributed by atoms with Crippen LogP contribution in [0.1, 0.15) is 135 Å². The smallest absolute Gasteiger partial charge is 0.394 e. The number of allylic oxidation sites excluding steroid dienone is 2. The first-order valence-corrected chi connectivity index (χ1v) is 18.2. The van der Waals surface area contributed by atoms with Crippen LogP contribution in [0.15, 0.2) is 66.4 Å². The Morgan fingerprint density at radius 2 is 1.44 bits per heavy atom. The Balaban J connectivity index is 0.000000623. The average molecular weight is 930 g/mol. The monoisotopic (exact) mass is 930 g/mol. The Bertz CT molecular complexity index is 2240. The standard InChI is InChI=1S/C31H32F3N2.C15H28O2.Ir/c1-19-14-21(18-30(6,7)31(32,33)34)12-13-24(19)26-17-28(36-35-20(26)2)23-15-22-10-8-9-11-25(22)27(16-23)29(3,4)5;1-7-14(5,8-2)12(16)11-13(17)15(6,9-3)10-4;/h8-14,16-17H,18H2,1-7H3;11,16H,7-10H2,1-6H3;/q-1;;/b;12-11-;/i1D3,2D3,18D2;;. The molecule has 1 aromatic heterocycles. The van der Waals surface area contributed by atoms with E-state index in [1.165, 1.54) is 12.1 Å². The number of alkyl halides is 3. The average Bonchev–Trinajstić information content (AvgIpc) is 3.17. The van der Waals surface area contributed by atoms with E-state index in [0.29, 0.717) is 19.4 Å². The summed E-state index contributed by atoms with van der Waals surface area (Å²) in [6.45, 7) is 13.8. The van der Waals surface area contributed by atoms with Gasteiger partial charge < -0.3 is 5.11 Å². The Morgan fingerprint density at radius 1 is 0.833 bits per heavy atom. The van der Waals surface area contributed by atoms with Crippen molar-refractivity contribution in [3.63, 3.8) is 0 Å². The molecule has 0 spiro atoms. The molecule has 297 valence electrons. The third kappa shape index (κ3) is 10.7. The van der Waals surface area contributed by atoms with Crippen LogP contribution in [0.2, 0.25) is 0 Å². The number of ketones is 1. The second-order valence-electron chi connectivity index (χ2n) is 15.8. The fourth-order valence-electron chi connectivity index (χ4n) is 5.69. The van der Waals surface area contributed by atoms with E-state index in [-0.39, 0.29) is 64.7 Å². The van der Waals surface area contributed by atoms with E-state index >= 15 is 0 Å². The second kappa shape index (κ2) is 18.1. The number of aromatic nitrogens is 2. The van der Waals surface area contributed by atoms with E-state index in [9.17, 15) is 23.1 Å². The molecule has 0 saturated heterocycles. The number of hydrogen-bond donors (Lipinski definition) is 1. The largest absolute Gasteiger partial charge is 0.512 e. The van der Waals surface area contributed by atoms with Gasteiger partial charge in [0, 0.05) is 53.7 Å². The summed E-state index contributed by atoms with van der Waals surface area (Å²) in [5.74, 6) is 0.286. The van der Waals surface area contributed by atoms with E-state index in [2.05, 4.69) is 16.3 Å². The zero-order valence-electron chi connectivity index (χ0n) is 41.3. The zero-order chi connectivity index (χ0) is 46.9. The predicted octanol–water partition coefficient (Wildman–Crippen LogP) is 13.5. The summed E-state index contributed by atoms with van der Waals surface area (Å²) >= 11 is 0. The van der Waals surface area contributed by atoms with Crippen LogP contribution in [0.4, 0.5) is 13.2 Å². The number of halogens is 3. The molecule has 8 heteroatoms. The minimum atomic E-state index is -4.95. The van der Waals surface area contributed by atoms with Gasteiger partial charge >= 0.3 is 6.18 Å². The van der Waals surface area contributed by atoms with Crippen LogP contribution in [0.3, 0.4) is 0 Å². The molecule has 0 aliphatic carbocycles. The number of benzene rings is 3. The van der Waals surface area contributed by atoms with E-state index in [1.807, 2.05) is 92.6 Å². The van der Waals surface area contributed by atoms with Crippen molar-refractivity contribution in [2.24, 2.45) is 16.2 Å². The first-order valence-electron chi connectivity index (χ1n) is 22.2. The molecule has 0 atom stereocenters. The molecule has 4 aromatic rings. The number of rotatable bonds is 11. The maximum absolute atomic E-state index is 13.9. The van der Waals surface area contributed by atoms with Crippen LogP contribution in [0, 0.1) is 36.0 Å². The summed E-state index contributed by atoms with van der Waals surface area (Å²) in [5, 5.41) is 20.1. The van der Waals surface area contributed by atoms with Gasteiger partial charge in [0.15, 0.2) is 5.78 Å². The minimum Gasteiger partial charge on any atom is -0.512 e. The SMILES string of the molecule is CCC(C)(CC)C(=O)/C=C(\O)C(C)(CC)CC.[2H]C([2H])([2H])c1cc(C([2H])([2H])C(C)(C)C(F)(F)F)ccc1-c1cc(-c2[c-]c3ccccc3c(C(C)(C)C)c2)nnc1C([2H])([2H])[2H].[Ir]. The van der Waals surface area contributed by atoms with E-state index < -0.39 is 48.5 Å². The molecule has 0 fully saturated rings. The van der Waals surface area contributed by atoms with Crippen molar-refractivity contribution in [3.8, 4) is 22.4 Å². The molecule has 1 heterocycles. The molecule has 54 heavy (non-hydrogen) atoms. The van der Waals surface area contributed by atoms with E-state index in [1.54, 1.807) is 0 Å². The summed E-state index contributed by atoms with van der Waals surface area (Å²) in [4.78, 5) is 12.2. The van der Waals surface area contributed by atoms with Crippen molar-refractivity contribution < 1.29 is 54.1 Å². The van der Waals surface area contributed by atoms with Gasteiger partial charge in [0.25, 0.3) is 0 Å². The van der Waals surface area contributed by atoms with Crippen LogP contribution < -0.4 is 0 Å². The summed E-state index contributed by atoms with van der Waals surface area (Å²) < 4.78 is 107. The summed E-state index contributed by atoms with van der Waals surface area (Å²) in [5.41, 5.74) is -3.89. The molecular weight excluding hydrogens is 862 g/mol. The predicted molar refractivity (Wildman–Crippen MR) is 214 cm³/mol. The number of fused-ring (bicyclic) bond motifs is 1. The van der Waals surface area contributed by atoms with Crippen molar-refractivity contribution >= 4 is 16.6 Å². The molecule has 0 unspecified atom stereocenters. The van der Waals surface area contributed by atoms with Gasteiger partial charge in [-0.3, -0.25) is 4.79 Å². The van der Waals surface area contributed by atoms with Crippen LogP contribution in [-0.2, 0) is 36.7 Å². The third-order valence-corrected chi connectivity index (χ3v) is 10.7. The van der Waals surface area contributed by atoms with Crippen LogP contribution in [-0.4, -0.2) is 27.3 Å². The third-order valence-electron chi connectivity index (χ3n) is 10.7. The first-order chi connectivity index (χ1) is 27.7. The van der Waals surface area contributed by atoms with Crippen molar-refractivity contribution in [3.05, 3.63) is 94.9 Å². The van der Waals surface area contributed by atoms with Gasteiger partial charge in [-0.05, 0) is 73.4 Å². The summed E-state index contributed by atoms with van der Waals surface area (Å²) in [6.07, 6.45) is -3.22. The van der Waals surface area contributed by atoms with Gasteiger partial charge in [-0.1, -0.05) is 130 Å². The summed E-state index contributed by atoms with van der Waals surface area (Å²) in [6, 6.07) is 17.2. The van der Waals surface area contributed by atoms with Gasteiger partial charge in [-0.2, -0.15) is 23.4 Å². The first kappa shape index (κ1) is 35.1. The van der Waals surface area contributed by atoms with E-state index in [0.717, 1.165) is 60.2 Å². The normalized spacial score (nSPS) is 15.9. The van der Waals surface area contributed by atoms with Gasteiger partial charge in [-0.15, -0.1) is 29.1 Å². The number of aliphatic hydroxyl groups excluding tert-OH is 1. The molecule has 0 bridgehead atoms. The van der Waals surface area contributed by atoms with Gasteiger partial charge in [0.05, 0.1) is 11.1 Å². The Labute approximate surface area is 347 Å². The number of aliphatic hydroxyl groups is 1. The Kier molecular flexibility index (Phi) is 11.7. The number of hydrogen-bond acceptors (Lipinski definition) is 4. The molecule has 0 aliphatic rings. The molecule has 4 rings (SSSR count). The fraction of sp³-hybridized carbons (Fsp3) is 0.500. The number of carbonyl (C=O) groups is 1. The van der Waals surface area contributed by atoms with Crippen LogP contribution in [0.25, 0.3) is 33.2 Å². The molecule has 4 nitrogen and oxygen atoms in total. The van der Waals surface area contributed by atoms with Crippen LogP contribution in [0.5, 0.6) is 0 Å².